The van der Waals surface area contributed by atoms with Gasteiger partial charge in [-0.2, -0.15) is 0 Å². The third-order valence-corrected chi connectivity index (χ3v) is 5.19. The van der Waals surface area contributed by atoms with Crippen molar-refractivity contribution in [3.63, 3.8) is 0 Å². The summed E-state index contributed by atoms with van der Waals surface area (Å²) in [6, 6.07) is 0. The molecule has 0 aromatic heterocycles. The zero-order chi connectivity index (χ0) is 9.26. The molecule has 0 aliphatic heterocycles. The Kier molecular flexibility index (Phi) is 3.06. The predicted molar refractivity (Wildman–Crippen MR) is 58.2 cm³/mol. The molecule has 0 N–H and O–H groups in total. The van der Waals surface area contributed by atoms with Crippen LogP contribution in [0.15, 0.2) is 12.2 Å². The SMILES string of the molecule is CCP(CC)OC1CC2C=CC1C2. The van der Waals surface area contributed by atoms with Crippen molar-refractivity contribution in [2.75, 3.05) is 12.3 Å². The van der Waals surface area contributed by atoms with Gasteiger partial charge >= 0.3 is 0 Å². The van der Waals surface area contributed by atoms with E-state index in [1.165, 1.54) is 25.2 Å². The second-order valence-electron chi connectivity index (χ2n) is 4.04. The lowest BCUT2D eigenvalue weighted by molar-refractivity contribution is 0.196. The molecule has 1 fully saturated rings. The van der Waals surface area contributed by atoms with Gasteiger partial charge in [0.1, 0.15) is 0 Å². The van der Waals surface area contributed by atoms with Crippen LogP contribution in [0.3, 0.4) is 0 Å². The highest BCUT2D eigenvalue weighted by Crippen LogP contribution is 2.47. The Labute approximate surface area is 82.4 Å². The van der Waals surface area contributed by atoms with Crippen LogP contribution in [0.2, 0.25) is 0 Å². The third-order valence-electron chi connectivity index (χ3n) is 3.21. The standard InChI is InChI=1S/C11H19OP/c1-3-13(4-2)12-11-8-9-5-6-10(11)7-9/h5-6,9-11H,3-4,7-8H2,1-2H3. The lowest BCUT2D eigenvalue weighted by Gasteiger charge is -2.24. The Morgan fingerprint density at radius 3 is 2.46 bits per heavy atom. The molecule has 2 aliphatic rings. The van der Waals surface area contributed by atoms with Gasteiger partial charge in [0.15, 0.2) is 0 Å². The highest BCUT2D eigenvalue weighted by Gasteiger charge is 2.37. The van der Waals surface area contributed by atoms with Gasteiger partial charge in [-0.1, -0.05) is 26.0 Å². The number of allylic oxidation sites excluding steroid dienone is 1. The fraction of sp³-hybridized carbons (Fsp3) is 0.818. The van der Waals surface area contributed by atoms with Crippen LogP contribution in [-0.2, 0) is 4.52 Å². The van der Waals surface area contributed by atoms with E-state index in [-0.39, 0.29) is 8.15 Å². The quantitative estimate of drug-likeness (QED) is 0.497. The summed E-state index contributed by atoms with van der Waals surface area (Å²) in [7, 11) is -0.113. The van der Waals surface area contributed by atoms with E-state index in [0.29, 0.717) is 6.10 Å². The minimum atomic E-state index is -0.113. The minimum Gasteiger partial charge on any atom is -0.355 e. The zero-order valence-electron chi connectivity index (χ0n) is 8.57. The van der Waals surface area contributed by atoms with E-state index in [4.69, 9.17) is 4.52 Å². The molecule has 3 unspecified atom stereocenters. The van der Waals surface area contributed by atoms with Gasteiger partial charge in [-0.15, -0.1) is 0 Å². The van der Waals surface area contributed by atoms with Crippen LogP contribution >= 0.6 is 8.15 Å². The Hall–Kier alpha value is 0.130. The fourth-order valence-corrected chi connectivity index (χ4v) is 3.79. The maximum Gasteiger partial charge on any atom is 0.0686 e. The van der Waals surface area contributed by atoms with Crippen molar-refractivity contribution in [3.8, 4) is 0 Å². The summed E-state index contributed by atoms with van der Waals surface area (Å²) >= 11 is 0. The van der Waals surface area contributed by atoms with E-state index in [1.54, 1.807) is 0 Å². The summed E-state index contributed by atoms with van der Waals surface area (Å²) in [6.07, 6.45) is 10.4. The van der Waals surface area contributed by atoms with Crippen molar-refractivity contribution >= 4 is 8.15 Å². The molecular weight excluding hydrogens is 179 g/mol. The Morgan fingerprint density at radius 1 is 1.23 bits per heavy atom. The number of fused-ring (bicyclic) bond motifs is 2. The molecule has 0 amide bonds. The zero-order valence-corrected chi connectivity index (χ0v) is 9.47. The van der Waals surface area contributed by atoms with E-state index in [1.807, 2.05) is 0 Å². The Balaban J connectivity index is 1.86. The molecule has 74 valence electrons. The molecule has 0 saturated heterocycles. The van der Waals surface area contributed by atoms with Crippen molar-refractivity contribution in [2.24, 2.45) is 11.8 Å². The summed E-state index contributed by atoms with van der Waals surface area (Å²) in [5.74, 6) is 1.61. The van der Waals surface area contributed by atoms with Crippen molar-refractivity contribution in [2.45, 2.75) is 32.8 Å². The molecule has 1 saturated carbocycles. The van der Waals surface area contributed by atoms with E-state index >= 15 is 0 Å². The van der Waals surface area contributed by atoms with E-state index in [2.05, 4.69) is 26.0 Å². The second kappa shape index (κ2) is 4.11. The highest BCUT2D eigenvalue weighted by molar-refractivity contribution is 7.52. The maximum atomic E-state index is 6.16. The summed E-state index contributed by atoms with van der Waals surface area (Å²) < 4.78 is 6.16. The first-order valence-corrected chi connectivity index (χ1v) is 7.06. The van der Waals surface area contributed by atoms with Gasteiger partial charge < -0.3 is 4.52 Å². The van der Waals surface area contributed by atoms with Gasteiger partial charge in [-0.3, -0.25) is 0 Å². The first-order valence-electron chi connectivity index (χ1n) is 5.43. The van der Waals surface area contributed by atoms with Crippen molar-refractivity contribution in [3.05, 3.63) is 12.2 Å². The van der Waals surface area contributed by atoms with Crippen molar-refractivity contribution < 1.29 is 4.52 Å². The van der Waals surface area contributed by atoms with Crippen molar-refractivity contribution in [1.82, 2.24) is 0 Å². The molecule has 0 aromatic carbocycles. The topological polar surface area (TPSA) is 9.23 Å². The molecular formula is C11H19OP. The van der Waals surface area contributed by atoms with Gasteiger partial charge in [-0.25, -0.2) is 0 Å². The Bertz CT molecular complexity index is 198. The van der Waals surface area contributed by atoms with Crippen LogP contribution in [0.1, 0.15) is 26.7 Å². The summed E-state index contributed by atoms with van der Waals surface area (Å²) in [5.41, 5.74) is 0. The van der Waals surface area contributed by atoms with Gasteiger partial charge in [0.05, 0.1) is 6.10 Å². The van der Waals surface area contributed by atoms with Crippen LogP contribution < -0.4 is 0 Å². The lowest BCUT2D eigenvalue weighted by Crippen LogP contribution is -2.16. The molecule has 13 heavy (non-hydrogen) atoms. The predicted octanol–water partition coefficient (Wildman–Crippen LogP) is 3.40. The maximum absolute atomic E-state index is 6.16. The van der Waals surface area contributed by atoms with Gasteiger partial charge in [0.2, 0.25) is 0 Å². The summed E-state index contributed by atoms with van der Waals surface area (Å²) in [4.78, 5) is 0. The van der Waals surface area contributed by atoms with Crippen LogP contribution in [0, 0.1) is 11.8 Å². The summed E-state index contributed by atoms with van der Waals surface area (Å²) in [5, 5.41) is 0. The third kappa shape index (κ3) is 1.97. The highest BCUT2D eigenvalue weighted by atomic mass is 31.1. The number of rotatable bonds is 4. The molecule has 2 aliphatic carbocycles. The number of hydrogen-bond donors (Lipinski definition) is 0. The van der Waals surface area contributed by atoms with Crippen LogP contribution in [-0.4, -0.2) is 18.4 Å². The minimum absolute atomic E-state index is 0.113. The molecule has 0 spiro atoms. The van der Waals surface area contributed by atoms with Crippen LogP contribution in [0.5, 0.6) is 0 Å². The smallest absolute Gasteiger partial charge is 0.0686 e. The molecule has 0 aromatic rings. The molecule has 2 rings (SSSR count). The normalized spacial score (nSPS) is 36.4. The molecule has 0 heterocycles. The van der Waals surface area contributed by atoms with Crippen molar-refractivity contribution in [1.29, 1.82) is 0 Å². The first-order chi connectivity index (χ1) is 6.33. The monoisotopic (exact) mass is 198 g/mol. The van der Waals surface area contributed by atoms with Gasteiger partial charge in [0.25, 0.3) is 0 Å². The molecule has 2 bridgehead atoms. The molecule has 0 radical (unpaired) electrons. The molecule has 3 atom stereocenters. The van der Waals surface area contributed by atoms with E-state index in [0.717, 1.165) is 11.8 Å². The second-order valence-corrected chi connectivity index (χ2v) is 6.48. The largest absolute Gasteiger partial charge is 0.355 e. The Morgan fingerprint density at radius 2 is 2.00 bits per heavy atom. The van der Waals surface area contributed by atoms with Gasteiger partial charge in [-0.05, 0) is 31.1 Å². The number of hydrogen-bond acceptors (Lipinski definition) is 1. The lowest BCUT2D eigenvalue weighted by atomic mass is 10.1. The van der Waals surface area contributed by atoms with Crippen LogP contribution in [0.25, 0.3) is 0 Å². The molecule has 2 heteroatoms. The molecule has 1 nitrogen and oxygen atoms in total. The average Bonchev–Trinajstić information content (AvgIpc) is 2.75. The first kappa shape index (κ1) is 9.68. The van der Waals surface area contributed by atoms with Crippen LogP contribution in [0.4, 0.5) is 0 Å². The van der Waals surface area contributed by atoms with E-state index in [9.17, 15) is 0 Å². The van der Waals surface area contributed by atoms with Gasteiger partial charge in [0, 0.05) is 14.1 Å². The average molecular weight is 198 g/mol. The van der Waals surface area contributed by atoms with E-state index < -0.39 is 0 Å². The summed E-state index contributed by atoms with van der Waals surface area (Å²) in [6.45, 7) is 4.50. The fourth-order valence-electron chi connectivity index (χ4n) is 2.42.